The van der Waals surface area contributed by atoms with Crippen molar-refractivity contribution in [3.63, 3.8) is 0 Å². The molecule has 2 aromatic rings. The van der Waals surface area contributed by atoms with Crippen molar-refractivity contribution in [1.82, 2.24) is 4.98 Å². The van der Waals surface area contributed by atoms with Crippen LogP contribution in [0, 0.1) is 6.92 Å². The highest BCUT2D eigenvalue weighted by Gasteiger charge is 2.08. The fourth-order valence-electron chi connectivity index (χ4n) is 1.63. The average molecular weight is 312 g/mol. The summed E-state index contributed by atoms with van der Waals surface area (Å²) >= 11 is 5.04. The van der Waals surface area contributed by atoms with E-state index in [2.05, 4.69) is 20.9 Å². The Hall–Kier alpha value is -0.710. The van der Waals surface area contributed by atoms with E-state index in [1.807, 2.05) is 36.6 Å². The molecule has 2 rings (SSSR count). The van der Waals surface area contributed by atoms with Crippen molar-refractivity contribution in [2.24, 2.45) is 0 Å². The summed E-state index contributed by atoms with van der Waals surface area (Å²) in [5.41, 5.74) is 2.02. The van der Waals surface area contributed by atoms with Crippen molar-refractivity contribution in [3.05, 3.63) is 50.4 Å². The van der Waals surface area contributed by atoms with E-state index in [0.29, 0.717) is 6.42 Å². The second-order valence-corrected chi connectivity index (χ2v) is 5.85. The van der Waals surface area contributed by atoms with Crippen LogP contribution in [0.5, 0.6) is 0 Å². The van der Waals surface area contributed by atoms with Crippen molar-refractivity contribution in [2.75, 3.05) is 0 Å². The van der Waals surface area contributed by atoms with E-state index in [1.165, 1.54) is 0 Å². The molecule has 1 heterocycles. The number of hydrogen-bond acceptors (Lipinski definition) is 3. The lowest BCUT2D eigenvalue weighted by Gasteiger charge is -2.09. The Morgan fingerprint density at radius 3 is 2.65 bits per heavy atom. The van der Waals surface area contributed by atoms with Crippen molar-refractivity contribution in [3.8, 4) is 0 Å². The summed E-state index contributed by atoms with van der Waals surface area (Å²) < 4.78 is 1.03. The van der Waals surface area contributed by atoms with Gasteiger partial charge < -0.3 is 5.11 Å². The Morgan fingerprint density at radius 2 is 2.06 bits per heavy atom. The molecule has 0 fully saturated rings. The highest BCUT2D eigenvalue weighted by molar-refractivity contribution is 9.10. The molecular weight excluding hydrogens is 298 g/mol. The van der Waals surface area contributed by atoms with Gasteiger partial charge in [-0.25, -0.2) is 4.98 Å². The molecule has 0 aliphatic rings. The maximum atomic E-state index is 10.0. The Labute approximate surface area is 113 Å². The summed E-state index contributed by atoms with van der Waals surface area (Å²) in [4.78, 5) is 4.39. The van der Waals surface area contributed by atoms with Gasteiger partial charge in [0.1, 0.15) is 0 Å². The van der Waals surface area contributed by atoms with Gasteiger partial charge in [-0.3, -0.25) is 0 Å². The van der Waals surface area contributed by atoms with Gasteiger partial charge in [-0.2, -0.15) is 0 Å². The van der Waals surface area contributed by atoms with Gasteiger partial charge in [-0.1, -0.05) is 28.1 Å². The van der Waals surface area contributed by atoms with E-state index in [-0.39, 0.29) is 0 Å². The van der Waals surface area contributed by atoms with Crippen molar-refractivity contribution in [2.45, 2.75) is 25.9 Å². The normalized spacial score (nSPS) is 12.6. The van der Waals surface area contributed by atoms with Gasteiger partial charge in [-0.15, -0.1) is 11.3 Å². The van der Waals surface area contributed by atoms with Gasteiger partial charge in [0.25, 0.3) is 0 Å². The summed E-state index contributed by atoms with van der Waals surface area (Å²) in [5, 5.41) is 13.2. The number of aliphatic hydroxyl groups is 1. The molecule has 0 spiro atoms. The van der Waals surface area contributed by atoms with Crippen molar-refractivity contribution < 1.29 is 5.11 Å². The van der Waals surface area contributed by atoms with Crippen LogP contribution in [-0.4, -0.2) is 10.1 Å². The minimum absolute atomic E-state index is 0.410. The molecule has 0 saturated carbocycles. The zero-order valence-corrected chi connectivity index (χ0v) is 12.0. The van der Waals surface area contributed by atoms with Crippen LogP contribution in [0.3, 0.4) is 0 Å². The third-order valence-electron chi connectivity index (χ3n) is 2.55. The zero-order valence-electron chi connectivity index (χ0n) is 9.56. The molecule has 0 bridgehead atoms. The van der Waals surface area contributed by atoms with Gasteiger partial charge >= 0.3 is 0 Å². The first-order chi connectivity index (χ1) is 8.15. The monoisotopic (exact) mass is 311 g/mol. The van der Waals surface area contributed by atoms with Gasteiger partial charge in [0, 0.05) is 22.0 Å². The van der Waals surface area contributed by atoms with Crippen LogP contribution in [0.15, 0.2) is 34.1 Å². The SMILES string of the molecule is Cc1csc(CCC(O)c2ccc(Br)cc2)n1. The fraction of sp³-hybridized carbons (Fsp3) is 0.308. The quantitative estimate of drug-likeness (QED) is 0.929. The second kappa shape index (κ2) is 5.76. The summed E-state index contributed by atoms with van der Waals surface area (Å²) in [6.45, 7) is 1.99. The van der Waals surface area contributed by atoms with E-state index in [1.54, 1.807) is 11.3 Å². The van der Waals surface area contributed by atoms with Crippen LogP contribution >= 0.6 is 27.3 Å². The van der Waals surface area contributed by atoms with Crippen LogP contribution < -0.4 is 0 Å². The molecule has 1 N–H and O–H groups in total. The highest BCUT2D eigenvalue weighted by atomic mass is 79.9. The molecule has 0 aliphatic carbocycles. The Morgan fingerprint density at radius 1 is 1.35 bits per heavy atom. The summed E-state index contributed by atoms with van der Waals surface area (Å²) in [6, 6.07) is 7.79. The molecule has 0 aliphatic heterocycles. The largest absolute Gasteiger partial charge is 0.388 e. The predicted octanol–water partition coefficient (Wildman–Crippen LogP) is 3.88. The van der Waals surface area contributed by atoms with Gasteiger partial charge in [0.05, 0.1) is 11.1 Å². The second-order valence-electron chi connectivity index (χ2n) is 3.99. The number of aryl methyl sites for hydroxylation is 2. The van der Waals surface area contributed by atoms with Crippen LogP contribution in [0.4, 0.5) is 0 Å². The molecule has 2 nitrogen and oxygen atoms in total. The number of hydrogen-bond donors (Lipinski definition) is 1. The van der Waals surface area contributed by atoms with Crippen LogP contribution in [0.1, 0.15) is 28.8 Å². The van der Waals surface area contributed by atoms with E-state index < -0.39 is 6.10 Å². The number of rotatable bonds is 4. The van der Waals surface area contributed by atoms with E-state index >= 15 is 0 Å². The predicted molar refractivity (Wildman–Crippen MR) is 74.3 cm³/mol. The molecule has 0 saturated heterocycles. The summed E-state index contributed by atoms with van der Waals surface area (Å²) in [5.74, 6) is 0. The fourth-order valence-corrected chi connectivity index (χ4v) is 2.69. The molecule has 1 aromatic carbocycles. The lowest BCUT2D eigenvalue weighted by molar-refractivity contribution is 0.168. The maximum absolute atomic E-state index is 10.0. The lowest BCUT2D eigenvalue weighted by Crippen LogP contribution is -1.99. The minimum atomic E-state index is -0.410. The van der Waals surface area contributed by atoms with Gasteiger partial charge in [0.15, 0.2) is 0 Å². The average Bonchev–Trinajstić information content (AvgIpc) is 2.73. The Bertz CT molecular complexity index is 480. The van der Waals surface area contributed by atoms with E-state index in [4.69, 9.17) is 0 Å². The maximum Gasteiger partial charge on any atom is 0.0929 e. The zero-order chi connectivity index (χ0) is 12.3. The molecule has 17 heavy (non-hydrogen) atoms. The molecule has 1 atom stereocenters. The first-order valence-electron chi connectivity index (χ1n) is 5.49. The molecule has 90 valence electrons. The molecule has 1 unspecified atom stereocenters. The standard InChI is InChI=1S/C13H14BrNOS/c1-9-8-17-13(15-9)7-6-12(16)10-2-4-11(14)5-3-10/h2-5,8,12,16H,6-7H2,1H3. The lowest BCUT2D eigenvalue weighted by atomic mass is 10.1. The number of aromatic nitrogens is 1. The smallest absolute Gasteiger partial charge is 0.0929 e. The molecule has 1 aromatic heterocycles. The number of aliphatic hydroxyl groups excluding tert-OH is 1. The summed E-state index contributed by atoms with van der Waals surface area (Å²) in [6.07, 6.45) is 1.14. The first-order valence-corrected chi connectivity index (χ1v) is 7.17. The van der Waals surface area contributed by atoms with E-state index in [9.17, 15) is 5.11 Å². The first kappa shape index (κ1) is 12.7. The van der Waals surface area contributed by atoms with E-state index in [0.717, 1.165) is 27.2 Å². The Kier molecular flexibility index (Phi) is 4.31. The third kappa shape index (κ3) is 3.63. The number of halogens is 1. The number of nitrogens with zero attached hydrogens (tertiary/aromatic N) is 1. The van der Waals surface area contributed by atoms with Crippen molar-refractivity contribution in [1.29, 1.82) is 0 Å². The minimum Gasteiger partial charge on any atom is -0.388 e. The number of benzene rings is 1. The van der Waals surface area contributed by atoms with Gasteiger partial charge in [0.2, 0.25) is 0 Å². The number of thiazole rings is 1. The molecular formula is C13H14BrNOS. The third-order valence-corrected chi connectivity index (χ3v) is 4.11. The van der Waals surface area contributed by atoms with Crippen LogP contribution in [0.2, 0.25) is 0 Å². The molecule has 4 heteroatoms. The molecule has 0 amide bonds. The van der Waals surface area contributed by atoms with Gasteiger partial charge in [-0.05, 0) is 31.0 Å². The summed E-state index contributed by atoms with van der Waals surface area (Å²) in [7, 11) is 0. The topological polar surface area (TPSA) is 33.1 Å². The van der Waals surface area contributed by atoms with Crippen LogP contribution in [0.25, 0.3) is 0 Å². The highest BCUT2D eigenvalue weighted by Crippen LogP contribution is 2.22. The molecule has 0 radical (unpaired) electrons. The van der Waals surface area contributed by atoms with Crippen LogP contribution in [-0.2, 0) is 6.42 Å². The Balaban J connectivity index is 1.93. The van der Waals surface area contributed by atoms with Crippen molar-refractivity contribution >= 4 is 27.3 Å².